The fraction of sp³-hybridized carbons (Fsp3) is 0.154. The summed E-state index contributed by atoms with van der Waals surface area (Å²) in [4.78, 5) is 0. The third-order valence-corrected chi connectivity index (χ3v) is 6.78. The van der Waals surface area contributed by atoms with Gasteiger partial charge < -0.3 is 0 Å². The fourth-order valence-electron chi connectivity index (χ4n) is 4.10. The number of hydrogen-bond donors (Lipinski definition) is 0. The molecule has 0 N–H and O–H groups in total. The van der Waals surface area contributed by atoms with Gasteiger partial charge in [-0.2, -0.15) is 14.6 Å². The Morgan fingerprint density at radius 2 is 1.52 bits per heavy atom. The van der Waals surface area contributed by atoms with Crippen molar-refractivity contribution >= 4 is 15.7 Å². The van der Waals surface area contributed by atoms with Crippen molar-refractivity contribution in [3.8, 4) is 16.9 Å². The smallest absolute Gasteiger partial charge is 0.240 e. The predicted octanol–water partition coefficient (Wildman–Crippen LogP) is 4.96. The topological polar surface area (TPSA) is 67.6 Å². The molecule has 2 heterocycles. The molecule has 6 nitrogen and oxygen atoms in total. The highest BCUT2D eigenvalue weighted by molar-refractivity contribution is 7.88. The van der Waals surface area contributed by atoms with Gasteiger partial charge in [0.15, 0.2) is 0 Å². The average molecular weight is 457 g/mol. The molecular weight excluding hydrogens is 432 g/mol. The number of rotatable bonds is 5. The van der Waals surface area contributed by atoms with Crippen LogP contribution in [0, 0.1) is 6.92 Å². The number of aryl methyl sites for hydroxylation is 1. The van der Waals surface area contributed by atoms with Crippen LogP contribution in [0.3, 0.4) is 0 Å². The summed E-state index contributed by atoms with van der Waals surface area (Å²) < 4.78 is 28.3. The van der Waals surface area contributed by atoms with E-state index < -0.39 is 10.0 Å². The average Bonchev–Trinajstić information content (AvgIpc) is 3.46. The van der Waals surface area contributed by atoms with E-state index in [4.69, 9.17) is 5.10 Å². The van der Waals surface area contributed by atoms with E-state index in [-0.39, 0.29) is 6.04 Å². The molecule has 33 heavy (non-hydrogen) atoms. The molecule has 5 rings (SSSR count). The monoisotopic (exact) mass is 456 g/mol. The van der Waals surface area contributed by atoms with E-state index in [9.17, 15) is 8.42 Å². The van der Waals surface area contributed by atoms with E-state index in [2.05, 4.69) is 5.10 Å². The molecule has 1 aromatic heterocycles. The highest BCUT2D eigenvalue weighted by Crippen LogP contribution is 2.37. The first kappa shape index (κ1) is 21.2. The van der Waals surface area contributed by atoms with Crippen LogP contribution in [0.15, 0.2) is 96.2 Å². The van der Waals surface area contributed by atoms with E-state index in [0.29, 0.717) is 12.1 Å². The summed E-state index contributed by atoms with van der Waals surface area (Å²) in [5.41, 5.74) is 6.22. The zero-order valence-electron chi connectivity index (χ0n) is 18.5. The van der Waals surface area contributed by atoms with Gasteiger partial charge in [-0.1, -0.05) is 78.4 Å². The normalized spacial score (nSPS) is 16.1. The second kappa shape index (κ2) is 8.33. The quantitative estimate of drug-likeness (QED) is 0.426. The predicted molar refractivity (Wildman–Crippen MR) is 131 cm³/mol. The van der Waals surface area contributed by atoms with Gasteiger partial charge in [0.2, 0.25) is 10.0 Å². The molecule has 4 aromatic rings. The second-order valence-electron chi connectivity index (χ2n) is 8.25. The van der Waals surface area contributed by atoms with E-state index in [1.807, 2.05) is 103 Å². The molecule has 0 bridgehead atoms. The Morgan fingerprint density at radius 1 is 0.879 bits per heavy atom. The minimum atomic E-state index is -3.56. The number of para-hydroxylation sites is 1. The third-order valence-electron chi connectivity index (χ3n) is 5.77. The molecule has 0 unspecified atom stereocenters. The molecule has 0 saturated carbocycles. The number of aromatic nitrogens is 2. The van der Waals surface area contributed by atoms with Crippen LogP contribution in [-0.4, -0.2) is 34.6 Å². The van der Waals surface area contributed by atoms with Crippen molar-refractivity contribution in [2.45, 2.75) is 19.4 Å². The molecule has 1 atom stereocenters. The second-order valence-corrected chi connectivity index (χ2v) is 10.1. The molecule has 166 valence electrons. The lowest BCUT2D eigenvalue weighted by Crippen LogP contribution is -2.25. The van der Waals surface area contributed by atoms with Crippen LogP contribution >= 0.6 is 0 Å². The SMILES string of the molecule is Cc1ccc([C@@H]2CC(c3cn(-c4ccccc4)nc3-c3ccccc3)=NN2S(C)(=O)=O)cc1. The molecule has 0 spiro atoms. The molecular formula is C26H24N4O2S. The number of sulfonamides is 1. The summed E-state index contributed by atoms with van der Waals surface area (Å²) in [6.07, 6.45) is 3.61. The van der Waals surface area contributed by atoms with Gasteiger partial charge >= 0.3 is 0 Å². The van der Waals surface area contributed by atoms with Gasteiger partial charge in [-0.25, -0.2) is 13.1 Å². The largest absolute Gasteiger partial charge is 0.247 e. The van der Waals surface area contributed by atoms with Crippen LogP contribution in [-0.2, 0) is 10.0 Å². The van der Waals surface area contributed by atoms with E-state index in [0.717, 1.165) is 33.6 Å². The number of hydrogen-bond acceptors (Lipinski definition) is 4. The Kier molecular flexibility index (Phi) is 5.34. The maximum absolute atomic E-state index is 12.6. The van der Waals surface area contributed by atoms with Gasteiger partial charge in [0.05, 0.1) is 23.7 Å². The summed E-state index contributed by atoms with van der Waals surface area (Å²) in [7, 11) is -3.56. The van der Waals surface area contributed by atoms with Crippen molar-refractivity contribution in [2.75, 3.05) is 6.26 Å². The van der Waals surface area contributed by atoms with Crippen LogP contribution in [0.5, 0.6) is 0 Å². The Bertz CT molecular complexity index is 1410. The van der Waals surface area contributed by atoms with Crippen LogP contribution in [0.25, 0.3) is 16.9 Å². The lowest BCUT2D eigenvalue weighted by molar-refractivity contribution is 0.375. The number of hydrazone groups is 1. The van der Waals surface area contributed by atoms with Crippen LogP contribution in [0.4, 0.5) is 0 Å². The first-order valence-corrected chi connectivity index (χ1v) is 12.6. The lowest BCUT2D eigenvalue weighted by Gasteiger charge is -2.21. The molecule has 0 aliphatic carbocycles. The van der Waals surface area contributed by atoms with Gasteiger partial charge in [-0.05, 0) is 24.6 Å². The molecule has 0 radical (unpaired) electrons. The van der Waals surface area contributed by atoms with Gasteiger partial charge in [-0.3, -0.25) is 0 Å². The first-order chi connectivity index (χ1) is 15.9. The van der Waals surface area contributed by atoms with Crippen molar-refractivity contribution < 1.29 is 8.42 Å². The van der Waals surface area contributed by atoms with Gasteiger partial charge in [-0.15, -0.1) is 0 Å². The van der Waals surface area contributed by atoms with Crippen LogP contribution in [0.1, 0.15) is 29.2 Å². The maximum Gasteiger partial charge on any atom is 0.247 e. The molecule has 1 aliphatic rings. The van der Waals surface area contributed by atoms with E-state index in [1.54, 1.807) is 0 Å². The molecule has 1 aliphatic heterocycles. The standard InChI is InChI=1S/C26H24N4O2S/c1-19-13-15-20(16-14-19)25-17-24(27-30(25)33(2,31)32)23-18-29(22-11-7-4-8-12-22)28-26(23)21-9-5-3-6-10-21/h3-16,18,25H,17H2,1-2H3/t25-/m0/s1. The van der Waals surface area contributed by atoms with E-state index in [1.165, 1.54) is 10.7 Å². The van der Waals surface area contributed by atoms with Crippen molar-refractivity contribution in [2.24, 2.45) is 5.10 Å². The zero-order valence-corrected chi connectivity index (χ0v) is 19.3. The first-order valence-electron chi connectivity index (χ1n) is 10.7. The summed E-state index contributed by atoms with van der Waals surface area (Å²) in [5.74, 6) is 0. The van der Waals surface area contributed by atoms with Crippen molar-refractivity contribution in [1.82, 2.24) is 14.2 Å². The third kappa shape index (κ3) is 4.19. The van der Waals surface area contributed by atoms with Gasteiger partial charge in [0.25, 0.3) is 0 Å². The summed E-state index contributed by atoms with van der Waals surface area (Å²) in [5, 5.41) is 9.47. The van der Waals surface area contributed by atoms with Crippen LogP contribution in [0.2, 0.25) is 0 Å². The maximum atomic E-state index is 12.6. The molecule has 0 fully saturated rings. The summed E-state index contributed by atoms with van der Waals surface area (Å²) in [6, 6.07) is 27.3. The Hall–Kier alpha value is -3.71. The Morgan fingerprint density at radius 3 is 2.15 bits per heavy atom. The fourth-order valence-corrected chi connectivity index (χ4v) is 5.01. The minimum Gasteiger partial charge on any atom is -0.240 e. The van der Waals surface area contributed by atoms with Gasteiger partial charge in [0.1, 0.15) is 5.69 Å². The lowest BCUT2D eigenvalue weighted by atomic mass is 9.97. The number of nitrogens with zero attached hydrogens (tertiary/aromatic N) is 4. The molecule has 3 aromatic carbocycles. The van der Waals surface area contributed by atoms with Crippen molar-refractivity contribution in [1.29, 1.82) is 0 Å². The Balaban J connectivity index is 1.63. The Labute approximate surface area is 193 Å². The molecule has 7 heteroatoms. The zero-order chi connectivity index (χ0) is 23.0. The molecule has 0 amide bonds. The summed E-state index contributed by atoms with van der Waals surface area (Å²) in [6.45, 7) is 2.01. The molecule has 0 saturated heterocycles. The highest BCUT2D eigenvalue weighted by atomic mass is 32.2. The minimum absolute atomic E-state index is 0.390. The number of benzene rings is 3. The van der Waals surface area contributed by atoms with Crippen LogP contribution < -0.4 is 0 Å². The van der Waals surface area contributed by atoms with Gasteiger partial charge in [0, 0.05) is 23.7 Å². The van der Waals surface area contributed by atoms with E-state index >= 15 is 0 Å². The van der Waals surface area contributed by atoms with Crippen molar-refractivity contribution in [3.05, 3.63) is 108 Å². The van der Waals surface area contributed by atoms with Crippen molar-refractivity contribution in [3.63, 3.8) is 0 Å². The highest BCUT2D eigenvalue weighted by Gasteiger charge is 2.36. The summed E-state index contributed by atoms with van der Waals surface area (Å²) >= 11 is 0.